The minimum absolute atomic E-state index is 0.0352. The number of amides is 2. The summed E-state index contributed by atoms with van der Waals surface area (Å²) in [6, 6.07) is 0.606. The second-order valence-electron chi connectivity index (χ2n) is 3.95. The number of hydrogen-bond acceptors (Lipinski definition) is 2. The van der Waals surface area contributed by atoms with Crippen molar-refractivity contribution < 1.29 is 9.59 Å². The molecule has 1 saturated carbocycles. The van der Waals surface area contributed by atoms with Crippen LogP contribution in [0.15, 0.2) is 0 Å². The normalized spacial score (nSPS) is 26.7. The van der Waals surface area contributed by atoms with Crippen LogP contribution in [0.3, 0.4) is 0 Å². The molecule has 1 aliphatic rings. The third kappa shape index (κ3) is 3.77. The van der Waals surface area contributed by atoms with Crippen LogP contribution >= 0.6 is 0 Å². The SMILES string of the molecule is CC(=O)N[C@H]1CC[C@@H](NC(C)=O)CC1. The van der Waals surface area contributed by atoms with Gasteiger partial charge < -0.3 is 10.6 Å². The number of hydrogen-bond donors (Lipinski definition) is 2. The first-order valence-electron chi connectivity index (χ1n) is 5.12. The van der Waals surface area contributed by atoms with Gasteiger partial charge in [-0.1, -0.05) is 0 Å². The molecule has 0 atom stereocenters. The van der Waals surface area contributed by atoms with Crippen LogP contribution in [0.5, 0.6) is 0 Å². The summed E-state index contributed by atoms with van der Waals surface area (Å²) in [5, 5.41) is 5.81. The van der Waals surface area contributed by atoms with Crippen molar-refractivity contribution in [1.82, 2.24) is 10.6 Å². The van der Waals surface area contributed by atoms with Gasteiger partial charge in [-0.25, -0.2) is 0 Å². The highest BCUT2D eigenvalue weighted by molar-refractivity contribution is 5.73. The smallest absolute Gasteiger partial charge is 0.217 e. The van der Waals surface area contributed by atoms with Gasteiger partial charge in [0.2, 0.25) is 11.8 Å². The second-order valence-corrected chi connectivity index (χ2v) is 3.95. The lowest BCUT2D eigenvalue weighted by molar-refractivity contribution is -0.121. The number of carbonyl (C=O) groups excluding carboxylic acids is 2. The van der Waals surface area contributed by atoms with Gasteiger partial charge in [-0.05, 0) is 25.7 Å². The number of rotatable bonds is 2. The summed E-state index contributed by atoms with van der Waals surface area (Å²) >= 11 is 0. The molecule has 80 valence electrons. The van der Waals surface area contributed by atoms with E-state index in [0.717, 1.165) is 25.7 Å². The molecule has 1 rings (SSSR count). The molecule has 0 unspecified atom stereocenters. The average Bonchev–Trinajstić information content (AvgIpc) is 2.06. The van der Waals surface area contributed by atoms with Crippen LogP contribution in [-0.2, 0) is 9.59 Å². The van der Waals surface area contributed by atoms with Gasteiger partial charge in [0.1, 0.15) is 0 Å². The van der Waals surface area contributed by atoms with E-state index in [2.05, 4.69) is 10.6 Å². The Morgan fingerprint density at radius 1 is 0.857 bits per heavy atom. The largest absolute Gasteiger partial charge is 0.354 e. The molecule has 0 radical (unpaired) electrons. The monoisotopic (exact) mass is 198 g/mol. The molecule has 0 saturated heterocycles. The van der Waals surface area contributed by atoms with Gasteiger partial charge in [-0.3, -0.25) is 9.59 Å². The fourth-order valence-corrected chi connectivity index (χ4v) is 1.96. The molecule has 4 heteroatoms. The molecular weight excluding hydrogens is 180 g/mol. The number of carbonyl (C=O) groups is 2. The van der Waals surface area contributed by atoms with Crippen LogP contribution in [0.4, 0.5) is 0 Å². The van der Waals surface area contributed by atoms with Crippen molar-refractivity contribution in [3.05, 3.63) is 0 Å². The maximum Gasteiger partial charge on any atom is 0.217 e. The Kier molecular flexibility index (Phi) is 3.92. The molecule has 1 fully saturated rings. The Labute approximate surface area is 84.4 Å². The summed E-state index contributed by atoms with van der Waals surface area (Å²) in [7, 11) is 0. The molecule has 0 heterocycles. The van der Waals surface area contributed by atoms with Crippen LogP contribution in [0.1, 0.15) is 39.5 Å². The molecule has 2 amide bonds. The van der Waals surface area contributed by atoms with E-state index < -0.39 is 0 Å². The topological polar surface area (TPSA) is 58.2 Å². The van der Waals surface area contributed by atoms with E-state index in [-0.39, 0.29) is 11.8 Å². The van der Waals surface area contributed by atoms with E-state index >= 15 is 0 Å². The highest BCUT2D eigenvalue weighted by Crippen LogP contribution is 2.18. The molecule has 0 spiro atoms. The Hall–Kier alpha value is -1.06. The molecule has 0 aromatic rings. The Morgan fingerprint density at radius 3 is 1.36 bits per heavy atom. The molecule has 0 aromatic carbocycles. The molecule has 14 heavy (non-hydrogen) atoms. The average molecular weight is 198 g/mol. The lowest BCUT2D eigenvalue weighted by Gasteiger charge is -2.29. The summed E-state index contributed by atoms with van der Waals surface area (Å²) in [5.74, 6) is 0.0703. The van der Waals surface area contributed by atoms with Crippen molar-refractivity contribution in [2.45, 2.75) is 51.6 Å². The summed E-state index contributed by atoms with van der Waals surface area (Å²) in [6.07, 6.45) is 3.85. The van der Waals surface area contributed by atoms with Gasteiger partial charge in [0.25, 0.3) is 0 Å². The van der Waals surface area contributed by atoms with Crippen LogP contribution in [0.25, 0.3) is 0 Å². The Balaban J connectivity index is 2.24. The standard InChI is InChI=1S/C10H18N2O2/c1-7(13)11-9-3-5-10(6-4-9)12-8(2)14/h9-10H,3-6H2,1-2H3,(H,11,13)(H,12,14)/t9-,10+. The third-order valence-corrected chi connectivity index (χ3v) is 2.54. The van der Waals surface area contributed by atoms with Gasteiger partial charge in [0.15, 0.2) is 0 Å². The zero-order valence-electron chi connectivity index (χ0n) is 8.80. The zero-order chi connectivity index (χ0) is 10.6. The summed E-state index contributed by atoms with van der Waals surface area (Å²) in [6.45, 7) is 3.08. The van der Waals surface area contributed by atoms with Crippen molar-refractivity contribution in [3.8, 4) is 0 Å². The van der Waals surface area contributed by atoms with Crippen LogP contribution in [0, 0.1) is 0 Å². The second kappa shape index (κ2) is 4.98. The van der Waals surface area contributed by atoms with E-state index in [1.807, 2.05) is 0 Å². The highest BCUT2D eigenvalue weighted by Gasteiger charge is 2.21. The Morgan fingerprint density at radius 2 is 1.14 bits per heavy atom. The Bertz CT molecular complexity index is 196. The third-order valence-electron chi connectivity index (χ3n) is 2.54. The molecule has 4 nitrogen and oxygen atoms in total. The van der Waals surface area contributed by atoms with Gasteiger partial charge in [-0.15, -0.1) is 0 Å². The molecule has 0 bridgehead atoms. The first kappa shape index (κ1) is 11.0. The van der Waals surface area contributed by atoms with Crippen molar-refractivity contribution in [1.29, 1.82) is 0 Å². The highest BCUT2D eigenvalue weighted by atomic mass is 16.2. The fraction of sp³-hybridized carbons (Fsp3) is 0.800. The molecule has 0 aromatic heterocycles. The van der Waals surface area contributed by atoms with Crippen LogP contribution in [-0.4, -0.2) is 23.9 Å². The minimum Gasteiger partial charge on any atom is -0.354 e. The quantitative estimate of drug-likeness (QED) is 0.681. The van der Waals surface area contributed by atoms with E-state index in [1.54, 1.807) is 13.8 Å². The van der Waals surface area contributed by atoms with Crippen molar-refractivity contribution in [2.24, 2.45) is 0 Å². The maximum atomic E-state index is 10.8. The summed E-state index contributed by atoms with van der Waals surface area (Å²) in [4.78, 5) is 21.6. The lowest BCUT2D eigenvalue weighted by atomic mass is 9.91. The zero-order valence-corrected chi connectivity index (χ0v) is 8.80. The summed E-state index contributed by atoms with van der Waals surface area (Å²) < 4.78 is 0. The lowest BCUT2D eigenvalue weighted by Crippen LogP contribution is -2.42. The minimum atomic E-state index is 0.0352. The van der Waals surface area contributed by atoms with E-state index in [1.165, 1.54) is 0 Å². The summed E-state index contributed by atoms with van der Waals surface area (Å²) in [5.41, 5.74) is 0. The van der Waals surface area contributed by atoms with E-state index in [0.29, 0.717) is 12.1 Å². The van der Waals surface area contributed by atoms with Crippen LogP contribution < -0.4 is 10.6 Å². The fourth-order valence-electron chi connectivity index (χ4n) is 1.96. The van der Waals surface area contributed by atoms with Gasteiger partial charge in [-0.2, -0.15) is 0 Å². The van der Waals surface area contributed by atoms with Crippen LogP contribution in [0.2, 0.25) is 0 Å². The van der Waals surface area contributed by atoms with E-state index in [9.17, 15) is 9.59 Å². The van der Waals surface area contributed by atoms with Crippen molar-refractivity contribution in [3.63, 3.8) is 0 Å². The molecular formula is C10H18N2O2. The van der Waals surface area contributed by atoms with Gasteiger partial charge >= 0.3 is 0 Å². The molecule has 1 aliphatic carbocycles. The molecule has 0 aliphatic heterocycles. The first-order valence-corrected chi connectivity index (χ1v) is 5.12. The van der Waals surface area contributed by atoms with Crippen molar-refractivity contribution in [2.75, 3.05) is 0 Å². The first-order chi connectivity index (χ1) is 6.58. The maximum absolute atomic E-state index is 10.8. The number of nitrogens with one attached hydrogen (secondary N) is 2. The van der Waals surface area contributed by atoms with Crippen molar-refractivity contribution >= 4 is 11.8 Å². The van der Waals surface area contributed by atoms with Gasteiger partial charge in [0, 0.05) is 25.9 Å². The van der Waals surface area contributed by atoms with Gasteiger partial charge in [0.05, 0.1) is 0 Å². The predicted octanol–water partition coefficient (Wildman–Crippen LogP) is 0.570. The molecule has 2 N–H and O–H groups in total. The van der Waals surface area contributed by atoms with E-state index in [4.69, 9.17) is 0 Å². The predicted molar refractivity (Wildman–Crippen MR) is 53.7 cm³/mol.